The van der Waals surface area contributed by atoms with Crippen LogP contribution in [-0.4, -0.2) is 37.8 Å². The Morgan fingerprint density at radius 1 is 1.19 bits per heavy atom. The number of rotatable bonds is 5. The van der Waals surface area contributed by atoms with Crippen molar-refractivity contribution in [1.29, 1.82) is 0 Å². The molecule has 0 fully saturated rings. The van der Waals surface area contributed by atoms with Gasteiger partial charge in [-0.3, -0.25) is 9.59 Å². The molecule has 2 aromatic heterocycles. The van der Waals surface area contributed by atoms with Crippen LogP contribution < -0.4 is 20.3 Å². The van der Waals surface area contributed by atoms with Crippen molar-refractivity contribution < 1.29 is 18.8 Å². The fourth-order valence-corrected chi connectivity index (χ4v) is 3.18. The Morgan fingerprint density at radius 2 is 2.03 bits per heavy atom. The van der Waals surface area contributed by atoms with Gasteiger partial charge in [0, 0.05) is 5.56 Å². The van der Waals surface area contributed by atoms with E-state index in [1.807, 2.05) is 0 Å². The standard InChI is InChI=1S/C20H16N6O5/c1-11(19-22-18(24-31-19)12-6-7-15-16(8-12)30-10-29-15)21-17(27)9-26-20(28)13-4-2-3-5-14(13)23-25-26/h2-8,11H,9-10H2,1H3,(H,21,27)/t11-/m0/s1. The second-order valence-electron chi connectivity index (χ2n) is 6.88. The lowest BCUT2D eigenvalue weighted by molar-refractivity contribution is -0.122. The molecular formula is C20H16N6O5. The normalized spacial score (nSPS) is 13.3. The minimum atomic E-state index is -0.577. The molecule has 11 nitrogen and oxygen atoms in total. The number of aromatic nitrogens is 5. The molecule has 31 heavy (non-hydrogen) atoms. The molecule has 1 aliphatic rings. The van der Waals surface area contributed by atoms with Gasteiger partial charge in [0.2, 0.25) is 24.4 Å². The highest BCUT2D eigenvalue weighted by atomic mass is 16.7. The molecule has 4 aromatic rings. The Hall–Kier alpha value is -4.28. The summed E-state index contributed by atoms with van der Waals surface area (Å²) in [7, 11) is 0. The third kappa shape index (κ3) is 3.56. The zero-order valence-corrected chi connectivity index (χ0v) is 16.3. The van der Waals surface area contributed by atoms with Gasteiger partial charge in [0.05, 0.1) is 5.39 Å². The number of nitrogens with one attached hydrogen (secondary N) is 1. The van der Waals surface area contributed by atoms with Crippen LogP contribution in [0, 0.1) is 0 Å². The lowest BCUT2D eigenvalue weighted by Gasteiger charge is -2.10. The Balaban J connectivity index is 1.28. The second-order valence-corrected chi connectivity index (χ2v) is 6.88. The van der Waals surface area contributed by atoms with Crippen LogP contribution in [-0.2, 0) is 11.3 Å². The van der Waals surface area contributed by atoms with Gasteiger partial charge in [-0.25, -0.2) is 4.68 Å². The molecule has 3 heterocycles. The van der Waals surface area contributed by atoms with Crippen LogP contribution in [0.4, 0.5) is 0 Å². The van der Waals surface area contributed by atoms with Crippen LogP contribution >= 0.6 is 0 Å². The fourth-order valence-electron chi connectivity index (χ4n) is 3.18. The van der Waals surface area contributed by atoms with E-state index in [1.165, 1.54) is 0 Å². The van der Waals surface area contributed by atoms with Crippen LogP contribution in [0.5, 0.6) is 11.5 Å². The molecular weight excluding hydrogens is 404 g/mol. The minimum absolute atomic E-state index is 0.171. The number of amides is 1. The average molecular weight is 420 g/mol. The molecule has 1 atom stereocenters. The number of benzene rings is 2. The maximum absolute atomic E-state index is 12.5. The van der Waals surface area contributed by atoms with E-state index in [-0.39, 0.29) is 19.2 Å². The van der Waals surface area contributed by atoms with Gasteiger partial charge < -0.3 is 19.3 Å². The monoisotopic (exact) mass is 420 g/mol. The highest BCUT2D eigenvalue weighted by Gasteiger charge is 2.20. The Kier molecular flexibility index (Phi) is 4.54. The number of fused-ring (bicyclic) bond motifs is 2. The summed E-state index contributed by atoms with van der Waals surface area (Å²) < 4.78 is 16.9. The smallest absolute Gasteiger partial charge is 0.278 e. The van der Waals surface area contributed by atoms with Crippen molar-refractivity contribution in [3.63, 3.8) is 0 Å². The Morgan fingerprint density at radius 3 is 2.94 bits per heavy atom. The predicted octanol–water partition coefficient (Wildman–Crippen LogP) is 1.45. The minimum Gasteiger partial charge on any atom is -0.454 e. The van der Waals surface area contributed by atoms with E-state index in [4.69, 9.17) is 14.0 Å². The van der Waals surface area contributed by atoms with Gasteiger partial charge in [0.25, 0.3) is 5.56 Å². The SMILES string of the molecule is C[C@H](NC(=O)Cn1nnc2ccccc2c1=O)c1nc(-c2ccc3c(c2)OCO3)no1. The molecule has 0 saturated heterocycles. The molecule has 11 heteroatoms. The average Bonchev–Trinajstić information content (AvgIpc) is 3.45. The number of carbonyl (C=O) groups is 1. The van der Waals surface area contributed by atoms with Crippen molar-refractivity contribution in [2.45, 2.75) is 19.5 Å². The first kappa shape index (κ1) is 18.7. The first-order valence-electron chi connectivity index (χ1n) is 9.44. The molecule has 0 unspecified atom stereocenters. The Labute approximate surface area is 174 Å². The third-order valence-electron chi connectivity index (χ3n) is 4.74. The molecule has 5 rings (SSSR count). The molecule has 1 amide bonds. The third-order valence-corrected chi connectivity index (χ3v) is 4.74. The summed E-state index contributed by atoms with van der Waals surface area (Å²) in [5.41, 5.74) is 0.770. The molecule has 1 N–H and O–H groups in total. The quantitative estimate of drug-likeness (QED) is 0.509. The van der Waals surface area contributed by atoms with Crippen molar-refractivity contribution in [2.75, 3.05) is 6.79 Å². The van der Waals surface area contributed by atoms with Crippen molar-refractivity contribution in [3.8, 4) is 22.9 Å². The van der Waals surface area contributed by atoms with Gasteiger partial charge in [0.1, 0.15) is 18.1 Å². The van der Waals surface area contributed by atoms with E-state index >= 15 is 0 Å². The summed E-state index contributed by atoms with van der Waals surface area (Å²) in [4.78, 5) is 29.3. The van der Waals surface area contributed by atoms with Crippen molar-refractivity contribution in [3.05, 3.63) is 58.7 Å². The lowest BCUT2D eigenvalue weighted by Crippen LogP contribution is -2.35. The zero-order valence-electron chi connectivity index (χ0n) is 16.3. The molecule has 0 saturated carbocycles. The number of hydrogen-bond donors (Lipinski definition) is 1. The van der Waals surface area contributed by atoms with Crippen LogP contribution in [0.3, 0.4) is 0 Å². The van der Waals surface area contributed by atoms with E-state index in [2.05, 4.69) is 25.8 Å². The number of hydrogen-bond acceptors (Lipinski definition) is 9. The van der Waals surface area contributed by atoms with Crippen molar-refractivity contribution in [2.24, 2.45) is 0 Å². The van der Waals surface area contributed by atoms with Gasteiger partial charge in [0.15, 0.2) is 11.5 Å². The highest BCUT2D eigenvalue weighted by molar-refractivity contribution is 5.78. The Bertz CT molecular complexity index is 1350. The number of ether oxygens (including phenoxy) is 2. The van der Waals surface area contributed by atoms with Crippen LogP contribution in [0.25, 0.3) is 22.3 Å². The molecule has 2 aromatic carbocycles. The molecule has 0 bridgehead atoms. The van der Waals surface area contributed by atoms with Crippen molar-refractivity contribution >= 4 is 16.8 Å². The molecule has 0 aliphatic carbocycles. The first-order chi connectivity index (χ1) is 15.1. The van der Waals surface area contributed by atoms with E-state index in [1.54, 1.807) is 49.4 Å². The summed E-state index contributed by atoms with van der Waals surface area (Å²) in [5, 5.41) is 14.9. The van der Waals surface area contributed by atoms with Gasteiger partial charge in [-0.15, -0.1) is 5.10 Å². The molecule has 0 radical (unpaired) electrons. The maximum atomic E-state index is 12.5. The summed E-state index contributed by atoms with van der Waals surface area (Å²) in [6.45, 7) is 1.58. The summed E-state index contributed by atoms with van der Waals surface area (Å²) in [6.07, 6.45) is 0. The molecule has 1 aliphatic heterocycles. The lowest BCUT2D eigenvalue weighted by atomic mass is 10.2. The summed E-state index contributed by atoms with van der Waals surface area (Å²) in [5.74, 6) is 1.39. The van der Waals surface area contributed by atoms with Gasteiger partial charge in [-0.1, -0.05) is 22.5 Å². The summed E-state index contributed by atoms with van der Waals surface area (Å²) in [6, 6.07) is 11.5. The van der Waals surface area contributed by atoms with E-state index in [0.29, 0.717) is 33.8 Å². The predicted molar refractivity (Wildman–Crippen MR) is 106 cm³/mol. The van der Waals surface area contributed by atoms with Crippen LogP contribution in [0.2, 0.25) is 0 Å². The second kappa shape index (κ2) is 7.52. The van der Waals surface area contributed by atoms with Gasteiger partial charge in [-0.2, -0.15) is 4.98 Å². The topological polar surface area (TPSA) is 134 Å². The van der Waals surface area contributed by atoms with Crippen LogP contribution in [0.1, 0.15) is 18.9 Å². The fraction of sp³-hybridized carbons (Fsp3) is 0.200. The zero-order chi connectivity index (χ0) is 21.4. The van der Waals surface area contributed by atoms with Crippen molar-refractivity contribution in [1.82, 2.24) is 30.5 Å². The van der Waals surface area contributed by atoms with E-state index < -0.39 is 17.5 Å². The van der Waals surface area contributed by atoms with E-state index in [9.17, 15) is 9.59 Å². The van der Waals surface area contributed by atoms with Gasteiger partial charge in [-0.05, 0) is 37.3 Å². The number of carbonyl (C=O) groups excluding carboxylic acids is 1. The van der Waals surface area contributed by atoms with Gasteiger partial charge >= 0.3 is 0 Å². The molecule has 0 spiro atoms. The van der Waals surface area contributed by atoms with Crippen LogP contribution in [0.15, 0.2) is 51.8 Å². The summed E-state index contributed by atoms with van der Waals surface area (Å²) >= 11 is 0. The highest BCUT2D eigenvalue weighted by Crippen LogP contribution is 2.35. The van der Waals surface area contributed by atoms with E-state index in [0.717, 1.165) is 4.68 Å². The first-order valence-corrected chi connectivity index (χ1v) is 9.44. The maximum Gasteiger partial charge on any atom is 0.278 e. The molecule has 156 valence electrons. The largest absolute Gasteiger partial charge is 0.454 e. The number of nitrogens with zero attached hydrogens (tertiary/aromatic N) is 5.